The fourth-order valence-corrected chi connectivity index (χ4v) is 7.02. The van der Waals surface area contributed by atoms with Crippen LogP contribution in [0.4, 0.5) is 21.5 Å². The molecule has 2 aliphatic heterocycles. The second-order valence-corrected chi connectivity index (χ2v) is 12.6. The summed E-state index contributed by atoms with van der Waals surface area (Å²) in [5, 5.41) is 20.9. The van der Waals surface area contributed by atoms with Crippen molar-refractivity contribution in [2.45, 2.75) is 38.8 Å². The van der Waals surface area contributed by atoms with Gasteiger partial charge >= 0.3 is 0 Å². The summed E-state index contributed by atoms with van der Waals surface area (Å²) in [4.78, 5) is 4.10. The van der Waals surface area contributed by atoms with E-state index in [2.05, 4.69) is 11.0 Å². The van der Waals surface area contributed by atoms with Crippen molar-refractivity contribution in [2.24, 2.45) is 0 Å². The lowest BCUT2D eigenvalue weighted by Crippen LogP contribution is -2.42. The number of halogens is 1. The van der Waals surface area contributed by atoms with Crippen LogP contribution in [0, 0.1) is 28.5 Å². The molecule has 0 atom stereocenters. The molecule has 0 fully saturated rings. The van der Waals surface area contributed by atoms with Gasteiger partial charge in [-0.05, 0) is 81.3 Å². The zero-order valence-corrected chi connectivity index (χ0v) is 25.8. The number of nitrogens with zero attached hydrogens (tertiary/aromatic N) is 4. The molecule has 0 bridgehead atoms. The fourth-order valence-electron chi connectivity index (χ4n) is 7.02. The highest BCUT2D eigenvalue weighted by Crippen LogP contribution is 2.60. The molecule has 2 heterocycles. The molecule has 0 spiro atoms. The third kappa shape index (κ3) is 4.07. The smallest absolute Gasteiger partial charge is 0.152 e. The number of hydrogen-bond donors (Lipinski definition) is 0. The van der Waals surface area contributed by atoms with E-state index in [-0.39, 0.29) is 11.1 Å². The topological polar surface area (TPSA) is 63.3 Å². The molecule has 0 radical (unpaired) electrons. The van der Waals surface area contributed by atoms with E-state index in [1.165, 1.54) is 0 Å². The minimum Gasteiger partial charge on any atom is -0.453 e. The normalized spacial score (nSPS) is 15.7. The molecule has 5 aromatic carbocycles. The van der Waals surface area contributed by atoms with Crippen molar-refractivity contribution in [3.8, 4) is 45.9 Å². The van der Waals surface area contributed by atoms with Gasteiger partial charge in [-0.2, -0.15) is 10.5 Å². The van der Waals surface area contributed by atoms with Crippen LogP contribution in [0.5, 0.6) is 11.5 Å². The summed E-state index contributed by atoms with van der Waals surface area (Å²) in [5.41, 5.74) is 5.36. The van der Waals surface area contributed by atoms with Gasteiger partial charge in [-0.15, -0.1) is 0 Å². The van der Waals surface area contributed by atoms with E-state index in [1.54, 1.807) is 0 Å². The largest absolute Gasteiger partial charge is 0.453 e. The molecule has 0 aliphatic carbocycles. The van der Waals surface area contributed by atoms with Gasteiger partial charge in [0, 0.05) is 22.2 Å². The summed E-state index contributed by atoms with van der Waals surface area (Å²) < 4.78 is 23.1. The Hall–Kier alpha value is -5.43. The van der Waals surface area contributed by atoms with E-state index in [1.807, 2.05) is 143 Å². The Labute approximate surface area is 263 Å². The third-order valence-corrected chi connectivity index (χ3v) is 9.60. The Morgan fingerprint density at radius 3 is 1.56 bits per heavy atom. The molecule has 5 nitrogen and oxygen atoms in total. The van der Waals surface area contributed by atoms with E-state index in [0.29, 0.717) is 39.7 Å². The highest BCUT2D eigenvalue weighted by atomic mass is 19.1. The predicted molar refractivity (Wildman–Crippen MR) is 175 cm³/mol. The molecule has 0 N–H and O–H groups in total. The van der Waals surface area contributed by atoms with Crippen molar-refractivity contribution in [3.63, 3.8) is 0 Å². The Morgan fingerprint density at radius 1 is 0.622 bits per heavy atom. The van der Waals surface area contributed by atoms with Gasteiger partial charge < -0.3 is 9.64 Å². The van der Waals surface area contributed by atoms with Crippen molar-refractivity contribution >= 4 is 17.1 Å². The zero-order chi connectivity index (χ0) is 31.7. The van der Waals surface area contributed by atoms with Crippen LogP contribution < -0.4 is 9.64 Å². The molecular formula is C39H31FN4O. The van der Waals surface area contributed by atoms with Gasteiger partial charge in [-0.25, -0.2) is 4.39 Å². The van der Waals surface area contributed by atoms with Crippen LogP contribution in [0.25, 0.3) is 22.3 Å². The Balaban J connectivity index is 1.58. The van der Waals surface area contributed by atoms with Crippen molar-refractivity contribution in [1.29, 1.82) is 10.5 Å². The molecule has 0 aromatic heterocycles. The summed E-state index contributed by atoms with van der Waals surface area (Å²) >= 11 is 0. The maximum Gasteiger partial charge on any atom is 0.152 e. The number of nitriles is 2. The van der Waals surface area contributed by atoms with Crippen LogP contribution in [0.3, 0.4) is 0 Å². The van der Waals surface area contributed by atoms with Crippen LogP contribution in [0.15, 0.2) is 97.1 Å². The maximum atomic E-state index is 16.4. The molecule has 5 aromatic rings. The average molecular weight is 591 g/mol. The van der Waals surface area contributed by atoms with Crippen molar-refractivity contribution in [2.75, 3.05) is 11.9 Å². The van der Waals surface area contributed by atoms with Gasteiger partial charge in [0.2, 0.25) is 0 Å². The summed E-state index contributed by atoms with van der Waals surface area (Å²) in [5.74, 6) is 0.554. The first-order chi connectivity index (χ1) is 21.6. The number of benzene rings is 5. The quantitative estimate of drug-likeness (QED) is 0.205. The lowest BCUT2D eigenvalue weighted by Gasteiger charge is -2.39. The van der Waals surface area contributed by atoms with Gasteiger partial charge in [0.1, 0.15) is 23.5 Å². The molecule has 0 unspecified atom stereocenters. The van der Waals surface area contributed by atoms with E-state index in [0.717, 1.165) is 22.3 Å². The summed E-state index contributed by atoms with van der Waals surface area (Å²) in [6, 6.07) is 36.4. The highest BCUT2D eigenvalue weighted by Gasteiger charge is 2.53. The Bertz CT molecular complexity index is 2000. The van der Waals surface area contributed by atoms with Gasteiger partial charge in [0.05, 0.1) is 22.6 Å². The molecule has 2 aliphatic rings. The minimum absolute atomic E-state index is 0.00555. The SMILES string of the molecule is CN1C(C)(C)c2c(F)c(C#N)c(C#N)c(N3c4ccc(-c5ccccc5)cc4Oc4cc(-c5ccccc5)ccc43)c2C1(C)C. The van der Waals surface area contributed by atoms with Crippen LogP contribution in [0.1, 0.15) is 49.9 Å². The predicted octanol–water partition coefficient (Wildman–Crippen LogP) is 9.89. The number of anilines is 3. The van der Waals surface area contributed by atoms with Crippen LogP contribution in [-0.4, -0.2) is 11.9 Å². The van der Waals surface area contributed by atoms with Crippen molar-refractivity contribution in [3.05, 3.63) is 125 Å². The van der Waals surface area contributed by atoms with Gasteiger partial charge in [-0.1, -0.05) is 72.8 Å². The molecule has 0 saturated carbocycles. The van der Waals surface area contributed by atoms with Crippen LogP contribution >= 0.6 is 0 Å². The second kappa shape index (κ2) is 10.1. The van der Waals surface area contributed by atoms with Crippen molar-refractivity contribution in [1.82, 2.24) is 4.90 Å². The van der Waals surface area contributed by atoms with E-state index in [4.69, 9.17) is 4.74 Å². The number of rotatable bonds is 3. The summed E-state index contributed by atoms with van der Waals surface area (Å²) in [7, 11) is 1.96. The number of fused-ring (bicyclic) bond motifs is 3. The zero-order valence-electron chi connectivity index (χ0n) is 25.8. The van der Waals surface area contributed by atoms with E-state index < -0.39 is 16.9 Å². The molecule has 0 saturated heterocycles. The molecule has 6 heteroatoms. The van der Waals surface area contributed by atoms with Crippen molar-refractivity contribution < 1.29 is 9.13 Å². The van der Waals surface area contributed by atoms with Crippen LogP contribution in [-0.2, 0) is 11.1 Å². The first-order valence-electron chi connectivity index (χ1n) is 14.9. The first-order valence-corrected chi connectivity index (χ1v) is 14.9. The average Bonchev–Trinajstić information content (AvgIpc) is 3.20. The fraction of sp³-hybridized carbons (Fsp3) is 0.179. The number of hydrogen-bond acceptors (Lipinski definition) is 5. The molecule has 7 rings (SSSR count). The Morgan fingerprint density at radius 2 is 1.09 bits per heavy atom. The van der Waals surface area contributed by atoms with Gasteiger partial charge in [0.25, 0.3) is 0 Å². The monoisotopic (exact) mass is 590 g/mol. The Kier molecular flexibility index (Phi) is 6.34. The third-order valence-electron chi connectivity index (χ3n) is 9.60. The van der Waals surface area contributed by atoms with Crippen LogP contribution in [0.2, 0.25) is 0 Å². The first kappa shape index (κ1) is 28.3. The van der Waals surface area contributed by atoms with E-state index >= 15 is 4.39 Å². The molecule has 45 heavy (non-hydrogen) atoms. The van der Waals surface area contributed by atoms with Gasteiger partial charge in [-0.3, -0.25) is 4.90 Å². The molecular weight excluding hydrogens is 559 g/mol. The van der Waals surface area contributed by atoms with Gasteiger partial charge in [0.15, 0.2) is 11.5 Å². The highest BCUT2D eigenvalue weighted by molar-refractivity contribution is 5.94. The number of ether oxygens (including phenoxy) is 1. The maximum absolute atomic E-state index is 16.4. The summed E-state index contributed by atoms with van der Waals surface area (Å²) in [6.07, 6.45) is 0. The summed E-state index contributed by atoms with van der Waals surface area (Å²) in [6.45, 7) is 7.99. The molecule has 0 amide bonds. The lowest BCUT2D eigenvalue weighted by molar-refractivity contribution is 0.0718. The standard InChI is InChI=1S/C39H31FN4O/c1-38(2)34-35(39(3,4)43(38)5)37(29(23-42)28(22-41)36(34)40)44-30-18-16-26(24-12-8-6-9-13-24)20-32(30)45-33-21-27(17-19-31(33)44)25-14-10-7-11-15-25/h6-21H,1-5H3. The lowest BCUT2D eigenvalue weighted by atomic mass is 9.83. The molecule has 220 valence electrons. The van der Waals surface area contributed by atoms with E-state index in [9.17, 15) is 10.5 Å². The second-order valence-electron chi connectivity index (χ2n) is 12.6. The minimum atomic E-state index is -0.746.